The van der Waals surface area contributed by atoms with Crippen LogP contribution in [0.2, 0.25) is 0 Å². The third kappa shape index (κ3) is 9.18. The van der Waals surface area contributed by atoms with Crippen LogP contribution >= 0.6 is 0 Å². The van der Waals surface area contributed by atoms with Crippen LogP contribution in [0, 0.1) is 0 Å². The largest absolute Gasteiger partial charge is 0.446 e. The summed E-state index contributed by atoms with van der Waals surface area (Å²) in [6, 6.07) is 18.0. The van der Waals surface area contributed by atoms with Crippen LogP contribution in [-0.2, 0) is 4.74 Å². The quantitative estimate of drug-likeness (QED) is 0.344. The van der Waals surface area contributed by atoms with Crippen LogP contribution < -0.4 is 11.1 Å². The summed E-state index contributed by atoms with van der Waals surface area (Å²) in [5.41, 5.74) is 8.40. The summed E-state index contributed by atoms with van der Waals surface area (Å²) in [5, 5.41) is 2.96. The van der Waals surface area contributed by atoms with Crippen molar-refractivity contribution >= 4 is 11.8 Å². The Morgan fingerprint density at radius 1 is 0.848 bits per heavy atom. The zero-order valence-electron chi connectivity index (χ0n) is 20.0. The molecule has 5 nitrogen and oxygen atoms in total. The average Bonchev–Trinajstić information content (AvgIpc) is 2.85. The third-order valence-electron chi connectivity index (χ3n) is 6.49. The molecule has 0 spiro atoms. The van der Waals surface area contributed by atoms with Gasteiger partial charge in [-0.25, -0.2) is 4.79 Å². The monoisotopic (exact) mass is 451 g/mol. The van der Waals surface area contributed by atoms with Gasteiger partial charge in [0.2, 0.25) is 0 Å². The van der Waals surface area contributed by atoms with Crippen molar-refractivity contribution in [3.8, 4) is 11.1 Å². The fourth-order valence-corrected chi connectivity index (χ4v) is 4.54. The van der Waals surface area contributed by atoms with Gasteiger partial charge in [-0.3, -0.25) is 5.32 Å². The number of carbonyl (C=O) groups is 1. The van der Waals surface area contributed by atoms with Crippen molar-refractivity contribution in [2.24, 2.45) is 5.73 Å². The van der Waals surface area contributed by atoms with Gasteiger partial charge in [0.1, 0.15) is 6.10 Å². The number of nitrogens with zero attached hydrogens (tertiary/aromatic N) is 1. The topological polar surface area (TPSA) is 67.6 Å². The van der Waals surface area contributed by atoms with Gasteiger partial charge < -0.3 is 15.4 Å². The van der Waals surface area contributed by atoms with E-state index in [2.05, 4.69) is 10.2 Å². The minimum Gasteiger partial charge on any atom is -0.446 e. The van der Waals surface area contributed by atoms with Crippen molar-refractivity contribution in [1.82, 2.24) is 4.90 Å². The minimum atomic E-state index is -0.358. The van der Waals surface area contributed by atoms with Crippen molar-refractivity contribution in [3.05, 3.63) is 54.6 Å². The maximum Gasteiger partial charge on any atom is 0.411 e. The zero-order valence-corrected chi connectivity index (χ0v) is 20.0. The van der Waals surface area contributed by atoms with E-state index in [4.69, 9.17) is 10.5 Å². The van der Waals surface area contributed by atoms with Crippen LogP contribution in [0.4, 0.5) is 10.5 Å². The van der Waals surface area contributed by atoms with E-state index in [-0.39, 0.29) is 12.2 Å². The molecule has 0 saturated carbocycles. The first-order valence-corrected chi connectivity index (χ1v) is 12.8. The molecular formula is C28H41N3O2. The first-order valence-electron chi connectivity index (χ1n) is 12.8. The fraction of sp³-hybridized carbons (Fsp3) is 0.536. The summed E-state index contributed by atoms with van der Waals surface area (Å²) in [6.45, 7) is 4.01. The second-order valence-corrected chi connectivity index (χ2v) is 9.10. The zero-order chi connectivity index (χ0) is 23.1. The van der Waals surface area contributed by atoms with Crippen molar-refractivity contribution in [1.29, 1.82) is 0 Å². The minimum absolute atomic E-state index is 0.00124. The number of ether oxygens (including phenoxy) is 1. The maximum absolute atomic E-state index is 12.5. The summed E-state index contributed by atoms with van der Waals surface area (Å²) in [6.07, 6.45) is 11.9. The van der Waals surface area contributed by atoms with Crippen LogP contribution in [0.15, 0.2) is 54.6 Å². The molecule has 1 amide bonds. The predicted octanol–water partition coefficient (Wildman–Crippen LogP) is 6.45. The Kier molecular flexibility index (Phi) is 11.3. The predicted molar refractivity (Wildman–Crippen MR) is 137 cm³/mol. The number of unbranched alkanes of at least 4 members (excludes halogenated alkanes) is 7. The molecule has 0 aromatic heterocycles. The second-order valence-electron chi connectivity index (χ2n) is 9.10. The number of hydrogen-bond donors (Lipinski definition) is 2. The molecule has 180 valence electrons. The van der Waals surface area contributed by atoms with Crippen LogP contribution in [0.5, 0.6) is 0 Å². The summed E-state index contributed by atoms with van der Waals surface area (Å²) < 4.78 is 5.75. The van der Waals surface area contributed by atoms with E-state index in [9.17, 15) is 4.79 Å². The van der Waals surface area contributed by atoms with E-state index in [0.29, 0.717) is 0 Å². The van der Waals surface area contributed by atoms with Gasteiger partial charge in [-0.15, -0.1) is 0 Å². The molecule has 3 N–H and O–H groups in total. The first-order chi connectivity index (χ1) is 16.3. The van der Waals surface area contributed by atoms with E-state index in [0.717, 1.165) is 55.8 Å². The van der Waals surface area contributed by atoms with Gasteiger partial charge in [-0.1, -0.05) is 87.1 Å². The number of benzene rings is 2. The molecule has 1 fully saturated rings. The molecule has 33 heavy (non-hydrogen) atoms. The molecule has 0 radical (unpaired) electrons. The SMILES string of the molecule is NCCCCCCCCCCN1CCC(OC(=O)Nc2ccccc2-c2ccccc2)CC1. The number of carbonyl (C=O) groups excluding carboxylic acids is 1. The molecule has 5 heteroatoms. The molecule has 0 atom stereocenters. The number of nitrogens with one attached hydrogen (secondary N) is 1. The van der Waals surface area contributed by atoms with Crippen molar-refractivity contribution in [2.45, 2.75) is 70.3 Å². The van der Waals surface area contributed by atoms with E-state index in [1.54, 1.807) is 0 Å². The van der Waals surface area contributed by atoms with E-state index in [1.807, 2.05) is 54.6 Å². The van der Waals surface area contributed by atoms with Crippen LogP contribution in [0.1, 0.15) is 64.2 Å². The number of amides is 1. The van der Waals surface area contributed by atoms with Crippen LogP contribution in [0.3, 0.4) is 0 Å². The molecule has 0 bridgehead atoms. The summed E-state index contributed by atoms with van der Waals surface area (Å²) >= 11 is 0. The van der Waals surface area contributed by atoms with Crippen LogP contribution in [0.25, 0.3) is 11.1 Å². The van der Waals surface area contributed by atoms with Gasteiger partial charge in [0.15, 0.2) is 0 Å². The number of anilines is 1. The van der Waals surface area contributed by atoms with Gasteiger partial charge in [-0.2, -0.15) is 0 Å². The number of para-hydroxylation sites is 1. The molecule has 2 aromatic rings. The lowest BCUT2D eigenvalue weighted by Gasteiger charge is -2.31. The molecule has 0 unspecified atom stereocenters. The molecule has 0 aliphatic carbocycles. The highest BCUT2D eigenvalue weighted by Gasteiger charge is 2.22. The van der Waals surface area contributed by atoms with Crippen molar-refractivity contribution in [2.75, 3.05) is 31.5 Å². The summed E-state index contributed by atoms with van der Waals surface area (Å²) in [5.74, 6) is 0. The summed E-state index contributed by atoms with van der Waals surface area (Å²) in [4.78, 5) is 15.1. The third-order valence-corrected chi connectivity index (χ3v) is 6.49. The lowest BCUT2D eigenvalue weighted by Crippen LogP contribution is -2.38. The number of piperidine rings is 1. The molecule has 1 aliphatic heterocycles. The van der Waals surface area contributed by atoms with Gasteiger partial charge >= 0.3 is 6.09 Å². The molecular weight excluding hydrogens is 410 g/mol. The Bertz CT molecular complexity index is 804. The number of likely N-dealkylation sites (tertiary alicyclic amines) is 1. The highest BCUT2D eigenvalue weighted by molar-refractivity contribution is 5.91. The highest BCUT2D eigenvalue weighted by Crippen LogP contribution is 2.28. The van der Waals surface area contributed by atoms with Crippen LogP contribution in [-0.4, -0.2) is 43.3 Å². The molecule has 3 rings (SSSR count). The maximum atomic E-state index is 12.5. The smallest absolute Gasteiger partial charge is 0.411 e. The van der Waals surface area contributed by atoms with Gasteiger partial charge in [0.25, 0.3) is 0 Å². The lowest BCUT2D eigenvalue weighted by atomic mass is 10.0. The number of nitrogens with two attached hydrogens (primary N) is 1. The average molecular weight is 452 g/mol. The highest BCUT2D eigenvalue weighted by atomic mass is 16.6. The molecule has 1 heterocycles. The van der Waals surface area contributed by atoms with Gasteiger partial charge in [-0.05, 0) is 50.4 Å². The van der Waals surface area contributed by atoms with E-state index < -0.39 is 0 Å². The van der Waals surface area contributed by atoms with E-state index >= 15 is 0 Å². The van der Waals surface area contributed by atoms with Crippen molar-refractivity contribution in [3.63, 3.8) is 0 Å². The van der Waals surface area contributed by atoms with Gasteiger partial charge in [0, 0.05) is 18.7 Å². The molecule has 2 aromatic carbocycles. The Labute approximate surface area is 199 Å². The van der Waals surface area contributed by atoms with Crippen molar-refractivity contribution < 1.29 is 9.53 Å². The fourth-order valence-electron chi connectivity index (χ4n) is 4.54. The molecule has 1 aliphatic rings. The number of rotatable bonds is 13. The second kappa shape index (κ2) is 14.7. The lowest BCUT2D eigenvalue weighted by molar-refractivity contribution is 0.0585. The normalized spacial score (nSPS) is 14.8. The summed E-state index contributed by atoms with van der Waals surface area (Å²) in [7, 11) is 0. The standard InChI is InChI=1S/C28H41N3O2/c29-20-12-5-3-1-2-4-6-13-21-31-22-18-25(19-23-31)33-28(32)30-27-17-11-10-16-26(27)24-14-8-7-9-15-24/h7-11,14-17,25H,1-6,12-13,18-23,29H2,(H,30,32). The molecule has 1 saturated heterocycles. The first kappa shape index (κ1) is 25.3. The van der Waals surface area contributed by atoms with E-state index in [1.165, 1.54) is 51.4 Å². The Morgan fingerprint density at radius 3 is 2.15 bits per heavy atom. The Morgan fingerprint density at radius 2 is 1.45 bits per heavy atom. The Balaban J connectivity index is 1.30. The van der Waals surface area contributed by atoms with Gasteiger partial charge in [0.05, 0.1) is 5.69 Å². The number of hydrogen-bond acceptors (Lipinski definition) is 4. The Hall–Kier alpha value is -2.37.